The molecule has 4 aromatic carbocycles. The first-order chi connectivity index (χ1) is 16.3. The van der Waals surface area contributed by atoms with E-state index in [0.29, 0.717) is 10.6 Å². The van der Waals surface area contributed by atoms with E-state index in [2.05, 4.69) is 10.0 Å². The summed E-state index contributed by atoms with van der Waals surface area (Å²) in [6.45, 7) is 0. The normalized spacial score (nSPS) is 11.6. The fourth-order valence-electron chi connectivity index (χ4n) is 3.18. The first-order valence-electron chi connectivity index (χ1n) is 9.94. The molecule has 4 rings (SSSR count). The van der Waals surface area contributed by atoms with Gasteiger partial charge in [0.15, 0.2) is 4.90 Å². The second-order valence-corrected chi connectivity index (χ2v) is 8.40. The van der Waals surface area contributed by atoms with Crippen LogP contribution in [0.5, 0.6) is 5.75 Å². The van der Waals surface area contributed by atoms with E-state index in [-0.39, 0.29) is 28.1 Å². The summed E-state index contributed by atoms with van der Waals surface area (Å²) in [7, 11) is 0. The van der Waals surface area contributed by atoms with E-state index in [0.717, 1.165) is 24.3 Å². The first kappa shape index (κ1) is 23.2. The minimum Gasteiger partial charge on any atom is -0.588 e. The largest absolute Gasteiger partial charge is 0.588 e. The van der Waals surface area contributed by atoms with Gasteiger partial charge in [0.1, 0.15) is 40.3 Å². The van der Waals surface area contributed by atoms with Gasteiger partial charge < -0.3 is 15.0 Å². The Morgan fingerprint density at radius 3 is 2.15 bits per heavy atom. The van der Waals surface area contributed by atoms with Crippen LogP contribution in [-0.2, 0) is 11.4 Å². The summed E-state index contributed by atoms with van der Waals surface area (Å²) in [6.07, 6.45) is 0. The quantitative estimate of drug-likeness (QED) is 0.183. The van der Waals surface area contributed by atoms with Crippen molar-refractivity contribution in [2.45, 2.75) is 4.90 Å². The summed E-state index contributed by atoms with van der Waals surface area (Å²) in [5, 5.41) is 12.7. The molecule has 0 saturated carbocycles. The number of hydrogen-bond donors (Lipinski definition) is 3. The van der Waals surface area contributed by atoms with Crippen LogP contribution in [0.15, 0.2) is 89.8 Å². The molecule has 0 aliphatic carbocycles. The Bertz CT molecular complexity index is 1310. The monoisotopic (exact) mass is 482 g/mol. The highest BCUT2D eigenvalue weighted by Gasteiger charge is 2.16. The van der Waals surface area contributed by atoms with Crippen molar-refractivity contribution in [3.63, 3.8) is 0 Å². The van der Waals surface area contributed by atoms with Gasteiger partial charge in [-0.3, -0.25) is 4.79 Å². The van der Waals surface area contributed by atoms with Crippen molar-refractivity contribution in [3.8, 4) is 16.9 Å². The number of nitrogens with one attached hydrogen (secondary N) is 2. The van der Waals surface area contributed by atoms with Crippen LogP contribution >= 0.6 is 0 Å². The van der Waals surface area contributed by atoms with Crippen LogP contribution in [0.3, 0.4) is 0 Å². The second-order valence-electron chi connectivity index (χ2n) is 7.18. The summed E-state index contributed by atoms with van der Waals surface area (Å²) >= 11 is -1.79. The zero-order valence-corrected chi connectivity index (χ0v) is 18.2. The molecule has 0 aliphatic heterocycles. The first-order valence-corrected chi connectivity index (χ1v) is 11.1. The number of phenolic OH excluding ortho intramolecular Hbond substituents is 1. The molecule has 3 N–H and O–H groups in total. The Morgan fingerprint density at radius 2 is 1.50 bits per heavy atom. The van der Waals surface area contributed by atoms with Gasteiger partial charge in [0.2, 0.25) is 0 Å². The van der Waals surface area contributed by atoms with E-state index in [9.17, 15) is 27.6 Å². The summed E-state index contributed by atoms with van der Waals surface area (Å²) in [5.74, 6) is -2.60. The van der Waals surface area contributed by atoms with E-state index in [1.165, 1.54) is 60.7 Å². The number of carbonyl (C=O) groups is 1. The van der Waals surface area contributed by atoms with E-state index in [4.69, 9.17) is 0 Å². The molecule has 0 saturated heterocycles. The third-order valence-corrected chi connectivity index (χ3v) is 5.99. The Labute approximate surface area is 196 Å². The summed E-state index contributed by atoms with van der Waals surface area (Å²) in [4.78, 5) is 12.9. The number of aromatic hydroxyl groups is 1. The Kier molecular flexibility index (Phi) is 6.76. The van der Waals surface area contributed by atoms with Crippen LogP contribution in [0.25, 0.3) is 11.1 Å². The molecule has 0 fully saturated rings. The van der Waals surface area contributed by atoms with Gasteiger partial charge in [-0.25, -0.2) is 13.2 Å². The summed E-state index contributed by atoms with van der Waals surface area (Å²) in [5.41, 5.74) is 0.721. The molecule has 0 aromatic heterocycles. The minimum absolute atomic E-state index is 0.0887. The van der Waals surface area contributed by atoms with Crippen molar-refractivity contribution >= 4 is 28.6 Å². The molecule has 0 bridgehead atoms. The maximum absolute atomic E-state index is 14.0. The van der Waals surface area contributed by atoms with Gasteiger partial charge in [0.25, 0.3) is 5.91 Å². The third kappa shape index (κ3) is 5.16. The molecule has 1 atom stereocenters. The number of anilines is 2. The molecule has 172 valence electrons. The van der Waals surface area contributed by atoms with Gasteiger partial charge >= 0.3 is 0 Å². The Hall–Kier alpha value is -3.95. The molecule has 0 spiro atoms. The molecular formula is C25H17F3N2O3S. The van der Waals surface area contributed by atoms with Crippen LogP contribution in [0.2, 0.25) is 0 Å². The molecule has 0 radical (unpaired) electrons. The van der Waals surface area contributed by atoms with Crippen molar-refractivity contribution in [1.82, 2.24) is 0 Å². The van der Waals surface area contributed by atoms with Gasteiger partial charge in [-0.05, 0) is 72.3 Å². The number of phenols is 1. The average Bonchev–Trinajstić information content (AvgIpc) is 2.82. The number of rotatable bonds is 6. The predicted octanol–water partition coefficient (Wildman–Crippen LogP) is 5.86. The summed E-state index contributed by atoms with van der Waals surface area (Å²) in [6, 6.07) is 18.5. The van der Waals surface area contributed by atoms with Crippen molar-refractivity contribution in [2.75, 3.05) is 10.0 Å². The molecular weight excluding hydrogens is 465 g/mol. The molecule has 0 aliphatic rings. The SMILES string of the molecule is O=C(Nc1ccc(O)c(N[S+]([O-])c2ccc(F)cc2)c1)c1ccc(-c2c(F)cccc2F)cc1. The molecule has 0 heterocycles. The molecule has 5 nitrogen and oxygen atoms in total. The topological polar surface area (TPSA) is 84.4 Å². The van der Waals surface area contributed by atoms with E-state index in [1.807, 2.05) is 0 Å². The van der Waals surface area contributed by atoms with Gasteiger partial charge in [-0.2, -0.15) is 4.72 Å². The summed E-state index contributed by atoms with van der Waals surface area (Å²) < 4.78 is 56.1. The number of benzene rings is 4. The fraction of sp³-hybridized carbons (Fsp3) is 0. The lowest BCUT2D eigenvalue weighted by Crippen LogP contribution is -2.14. The molecule has 4 aromatic rings. The lowest BCUT2D eigenvalue weighted by molar-refractivity contribution is 0.102. The standard InChI is InChI=1S/C25H17F3N2O3S/c26-17-8-11-19(12-9-17)34(33)30-22-14-18(10-13-23(22)31)29-25(32)16-6-4-15(5-7-16)24-20(27)2-1-3-21(24)28/h1-14,30-31H,(H,29,32). The van der Waals surface area contributed by atoms with Gasteiger partial charge in [-0.1, -0.05) is 18.2 Å². The number of amides is 1. The van der Waals surface area contributed by atoms with E-state index in [1.54, 1.807) is 0 Å². The van der Waals surface area contributed by atoms with Crippen LogP contribution in [0, 0.1) is 17.5 Å². The Balaban J connectivity index is 1.48. The van der Waals surface area contributed by atoms with Crippen molar-refractivity contribution < 1.29 is 27.6 Å². The van der Waals surface area contributed by atoms with E-state index < -0.39 is 34.7 Å². The zero-order valence-electron chi connectivity index (χ0n) is 17.4. The molecule has 1 amide bonds. The van der Waals surface area contributed by atoms with Crippen molar-refractivity contribution in [3.05, 3.63) is 108 Å². The third-order valence-electron chi connectivity index (χ3n) is 4.88. The average molecular weight is 482 g/mol. The van der Waals surface area contributed by atoms with Crippen LogP contribution in [-0.4, -0.2) is 15.6 Å². The van der Waals surface area contributed by atoms with Crippen molar-refractivity contribution in [1.29, 1.82) is 0 Å². The highest BCUT2D eigenvalue weighted by atomic mass is 32.2. The molecule has 1 unspecified atom stereocenters. The number of hydrogen-bond acceptors (Lipinski definition) is 4. The zero-order chi connectivity index (χ0) is 24.2. The number of carbonyl (C=O) groups excluding carboxylic acids is 1. The highest BCUT2D eigenvalue weighted by Crippen LogP contribution is 2.30. The van der Waals surface area contributed by atoms with E-state index >= 15 is 0 Å². The molecule has 9 heteroatoms. The smallest absolute Gasteiger partial charge is 0.255 e. The molecule has 34 heavy (non-hydrogen) atoms. The van der Waals surface area contributed by atoms with Crippen LogP contribution < -0.4 is 10.0 Å². The van der Waals surface area contributed by atoms with Crippen LogP contribution in [0.1, 0.15) is 10.4 Å². The minimum atomic E-state index is -1.79. The fourth-order valence-corrected chi connectivity index (χ4v) is 4.04. The lowest BCUT2D eigenvalue weighted by atomic mass is 10.0. The predicted molar refractivity (Wildman–Crippen MR) is 124 cm³/mol. The van der Waals surface area contributed by atoms with Gasteiger partial charge in [-0.15, -0.1) is 0 Å². The maximum Gasteiger partial charge on any atom is 0.255 e. The second kappa shape index (κ2) is 9.90. The van der Waals surface area contributed by atoms with Crippen LogP contribution in [0.4, 0.5) is 24.5 Å². The maximum atomic E-state index is 14.0. The highest BCUT2D eigenvalue weighted by molar-refractivity contribution is 7.92. The lowest BCUT2D eigenvalue weighted by Gasteiger charge is -2.14. The number of halogens is 3. The van der Waals surface area contributed by atoms with Gasteiger partial charge in [0, 0.05) is 11.3 Å². The van der Waals surface area contributed by atoms with Gasteiger partial charge in [0.05, 0.1) is 5.56 Å². The van der Waals surface area contributed by atoms with Crippen molar-refractivity contribution in [2.24, 2.45) is 0 Å². The Morgan fingerprint density at radius 1 is 0.853 bits per heavy atom.